The molecule has 2 aromatic rings. The molecule has 1 aliphatic heterocycles. The maximum atomic E-state index is 11.7. The highest BCUT2D eigenvalue weighted by Gasteiger charge is 2.18. The van der Waals surface area contributed by atoms with Crippen molar-refractivity contribution in [3.63, 3.8) is 0 Å². The van der Waals surface area contributed by atoms with E-state index >= 15 is 0 Å². The van der Waals surface area contributed by atoms with Crippen LogP contribution in [-0.4, -0.2) is 61.4 Å². The summed E-state index contributed by atoms with van der Waals surface area (Å²) in [5.74, 6) is 0.813. The highest BCUT2D eigenvalue weighted by atomic mass is 32.2. The molecule has 188 valence electrons. The predicted octanol–water partition coefficient (Wildman–Crippen LogP) is 5.19. The van der Waals surface area contributed by atoms with Crippen LogP contribution in [0.3, 0.4) is 0 Å². The molecule has 1 aliphatic rings. The number of carbonyl (C=O) groups excluding carboxylic acids is 3. The van der Waals surface area contributed by atoms with E-state index in [1.807, 2.05) is 30.1 Å². The van der Waals surface area contributed by atoms with Crippen LogP contribution >= 0.6 is 11.8 Å². The van der Waals surface area contributed by atoms with Crippen molar-refractivity contribution in [3.8, 4) is 0 Å². The van der Waals surface area contributed by atoms with Gasteiger partial charge in [-0.05, 0) is 68.6 Å². The van der Waals surface area contributed by atoms with Gasteiger partial charge < -0.3 is 14.5 Å². The normalized spacial score (nSPS) is 15.5. The van der Waals surface area contributed by atoms with Gasteiger partial charge in [0.15, 0.2) is 0 Å². The smallest absolute Gasteiger partial charge is 0.150 e. The summed E-state index contributed by atoms with van der Waals surface area (Å²) in [5, 5.41) is 0. The maximum absolute atomic E-state index is 11.7. The minimum atomic E-state index is -0.348. The van der Waals surface area contributed by atoms with Crippen molar-refractivity contribution < 1.29 is 14.4 Å². The molecule has 1 saturated heterocycles. The Labute approximate surface area is 214 Å². The van der Waals surface area contributed by atoms with E-state index in [1.54, 1.807) is 11.8 Å². The van der Waals surface area contributed by atoms with E-state index in [1.165, 1.54) is 49.9 Å². The Hall–Kier alpha value is -2.28. The van der Waals surface area contributed by atoms with Crippen LogP contribution in [0.5, 0.6) is 0 Å². The molecule has 0 saturated carbocycles. The highest BCUT2D eigenvalue weighted by molar-refractivity contribution is 7.98. The minimum Gasteiger partial charge on any atom is -0.303 e. The maximum Gasteiger partial charge on any atom is 0.150 e. The Morgan fingerprint density at radius 2 is 1.69 bits per heavy atom. The monoisotopic (exact) mass is 494 g/mol. The summed E-state index contributed by atoms with van der Waals surface area (Å²) in [6.45, 7) is 4.08. The predicted molar refractivity (Wildman–Crippen MR) is 143 cm³/mol. The van der Waals surface area contributed by atoms with Crippen molar-refractivity contribution in [3.05, 3.63) is 64.7 Å². The lowest BCUT2D eigenvalue weighted by molar-refractivity contribution is -0.113. The van der Waals surface area contributed by atoms with Crippen molar-refractivity contribution in [1.82, 2.24) is 9.80 Å². The molecule has 6 heteroatoms. The number of hydrogen-bond donors (Lipinski definition) is 0. The zero-order chi connectivity index (χ0) is 24.9. The lowest BCUT2D eigenvalue weighted by Gasteiger charge is -2.25. The van der Waals surface area contributed by atoms with E-state index in [-0.39, 0.29) is 6.04 Å². The first-order chi connectivity index (χ1) is 17.1. The summed E-state index contributed by atoms with van der Waals surface area (Å²) in [5.41, 5.74) is 4.21. The summed E-state index contributed by atoms with van der Waals surface area (Å²) < 4.78 is 0. The molecule has 0 aliphatic carbocycles. The first kappa shape index (κ1) is 27.3. The third-order valence-corrected chi connectivity index (χ3v) is 8.01. The van der Waals surface area contributed by atoms with Gasteiger partial charge in [-0.25, -0.2) is 0 Å². The second-order valence-electron chi connectivity index (χ2n) is 9.42. The summed E-state index contributed by atoms with van der Waals surface area (Å²) in [4.78, 5) is 39.6. The van der Waals surface area contributed by atoms with Gasteiger partial charge in [-0.3, -0.25) is 9.69 Å². The Bertz CT molecular complexity index is 939. The number of aldehydes is 3. The fourth-order valence-corrected chi connectivity index (χ4v) is 5.65. The van der Waals surface area contributed by atoms with Gasteiger partial charge in [0.2, 0.25) is 0 Å². The summed E-state index contributed by atoms with van der Waals surface area (Å²) in [7, 11) is 1.87. The van der Waals surface area contributed by atoms with E-state index in [4.69, 9.17) is 0 Å². The Morgan fingerprint density at radius 1 is 0.971 bits per heavy atom. The van der Waals surface area contributed by atoms with Gasteiger partial charge in [0.25, 0.3) is 0 Å². The Morgan fingerprint density at radius 3 is 2.34 bits per heavy atom. The SMILES string of the molecule is CN(Cc1c(C=O)cccc1SCc1ccc(CCN2CCCCCC2)cc1)C(C=O)CCC=O. The van der Waals surface area contributed by atoms with Crippen molar-refractivity contribution >= 4 is 30.6 Å². The molecule has 2 aromatic carbocycles. The van der Waals surface area contributed by atoms with Gasteiger partial charge in [-0.15, -0.1) is 11.8 Å². The van der Waals surface area contributed by atoms with Crippen LogP contribution in [0.1, 0.15) is 65.6 Å². The molecule has 5 nitrogen and oxygen atoms in total. The van der Waals surface area contributed by atoms with Crippen molar-refractivity contribution in [1.29, 1.82) is 0 Å². The molecule has 1 fully saturated rings. The van der Waals surface area contributed by atoms with Crippen LogP contribution in [0, 0.1) is 0 Å². The molecule has 0 bridgehead atoms. The number of nitrogens with zero attached hydrogens (tertiary/aromatic N) is 2. The largest absolute Gasteiger partial charge is 0.303 e. The number of likely N-dealkylation sites (tertiary alicyclic amines) is 1. The van der Waals surface area contributed by atoms with E-state index < -0.39 is 0 Å². The summed E-state index contributed by atoms with van der Waals surface area (Å²) in [6.07, 6.45) is 9.92. The molecular formula is C29H38N2O3S. The third kappa shape index (κ3) is 8.71. The molecule has 1 heterocycles. The molecular weight excluding hydrogens is 456 g/mol. The van der Waals surface area contributed by atoms with Gasteiger partial charge in [-0.2, -0.15) is 0 Å². The van der Waals surface area contributed by atoms with Crippen LogP contribution < -0.4 is 0 Å². The van der Waals surface area contributed by atoms with Crippen LogP contribution in [0.25, 0.3) is 0 Å². The van der Waals surface area contributed by atoms with Gasteiger partial charge in [-0.1, -0.05) is 49.2 Å². The number of likely N-dealkylation sites (N-methyl/N-ethyl adjacent to an activating group) is 1. The van der Waals surface area contributed by atoms with Crippen molar-refractivity contribution in [2.45, 2.75) is 68.2 Å². The molecule has 0 radical (unpaired) electrons. The van der Waals surface area contributed by atoms with Crippen molar-refractivity contribution in [2.75, 3.05) is 26.7 Å². The van der Waals surface area contributed by atoms with Crippen LogP contribution in [-0.2, 0) is 28.3 Å². The van der Waals surface area contributed by atoms with E-state index in [0.717, 1.165) is 48.0 Å². The molecule has 0 amide bonds. The second kappa shape index (κ2) is 15.0. The second-order valence-corrected chi connectivity index (χ2v) is 10.4. The zero-order valence-corrected chi connectivity index (χ0v) is 21.7. The molecule has 1 atom stereocenters. The van der Waals surface area contributed by atoms with Crippen LogP contribution in [0.4, 0.5) is 0 Å². The van der Waals surface area contributed by atoms with E-state index in [9.17, 15) is 14.4 Å². The standard InChI is InChI=1S/C29H38N2O3S/c1-30(27(22-34)9-7-19-32)20-28-26(21-33)8-6-10-29(28)35-23-25-13-11-24(12-14-25)15-18-31-16-4-2-3-5-17-31/h6,8,10-14,19,21-22,27H,2-5,7,9,15-18,20,23H2,1H3. The summed E-state index contributed by atoms with van der Waals surface area (Å²) >= 11 is 1.71. The fourth-order valence-electron chi connectivity index (χ4n) is 4.61. The van der Waals surface area contributed by atoms with E-state index in [2.05, 4.69) is 29.2 Å². The lowest BCUT2D eigenvalue weighted by atomic mass is 10.1. The number of carbonyl (C=O) groups is 3. The first-order valence-corrected chi connectivity index (χ1v) is 13.7. The molecule has 3 rings (SSSR count). The molecule has 0 aromatic heterocycles. The number of rotatable bonds is 14. The molecule has 0 N–H and O–H groups in total. The molecule has 0 spiro atoms. The van der Waals surface area contributed by atoms with Gasteiger partial charge in [0.05, 0.1) is 6.04 Å². The lowest BCUT2D eigenvalue weighted by Crippen LogP contribution is -2.33. The zero-order valence-electron chi connectivity index (χ0n) is 20.9. The number of benzene rings is 2. The highest BCUT2D eigenvalue weighted by Crippen LogP contribution is 2.29. The van der Waals surface area contributed by atoms with E-state index in [0.29, 0.717) is 24.9 Å². The quantitative estimate of drug-likeness (QED) is 0.266. The third-order valence-electron chi connectivity index (χ3n) is 6.84. The number of thioether (sulfide) groups is 1. The molecule has 35 heavy (non-hydrogen) atoms. The Balaban J connectivity index is 1.60. The van der Waals surface area contributed by atoms with Crippen molar-refractivity contribution in [2.24, 2.45) is 0 Å². The van der Waals surface area contributed by atoms with Gasteiger partial charge >= 0.3 is 0 Å². The molecule has 1 unspecified atom stereocenters. The first-order valence-electron chi connectivity index (χ1n) is 12.7. The van der Waals surface area contributed by atoms with Crippen LogP contribution in [0.2, 0.25) is 0 Å². The average Bonchev–Trinajstić information content (AvgIpc) is 3.17. The minimum absolute atomic E-state index is 0.346. The fraction of sp³-hybridized carbons (Fsp3) is 0.483. The average molecular weight is 495 g/mol. The Kier molecular flexibility index (Phi) is 11.7. The summed E-state index contributed by atoms with van der Waals surface area (Å²) in [6, 6.07) is 14.3. The van der Waals surface area contributed by atoms with Crippen LogP contribution in [0.15, 0.2) is 47.4 Å². The van der Waals surface area contributed by atoms with Gasteiger partial charge in [0.1, 0.15) is 18.9 Å². The van der Waals surface area contributed by atoms with Gasteiger partial charge in [0, 0.05) is 35.7 Å². The number of hydrogen-bond acceptors (Lipinski definition) is 6. The topological polar surface area (TPSA) is 57.7 Å².